The molecule has 0 heterocycles. The molecule has 0 amide bonds. The largest absolute Gasteiger partial charge is 0.500 e. The summed E-state index contributed by atoms with van der Waals surface area (Å²) in [4.78, 5) is 21.6. The van der Waals surface area contributed by atoms with E-state index in [1.165, 1.54) is 27.4 Å². The Labute approximate surface area is 89.0 Å². The Morgan fingerprint density at radius 2 is 1.80 bits per heavy atom. The lowest BCUT2D eigenvalue weighted by molar-refractivity contribution is -0.135. The zero-order valence-electron chi connectivity index (χ0n) is 9.35. The highest BCUT2D eigenvalue weighted by molar-refractivity contribution is 5.82. The highest BCUT2D eigenvalue weighted by Gasteiger charge is 2.21. The molecule has 0 aromatic heterocycles. The molecule has 0 bridgehead atoms. The molecule has 0 aromatic rings. The van der Waals surface area contributed by atoms with E-state index < -0.39 is 12.1 Å². The summed E-state index contributed by atoms with van der Waals surface area (Å²) in [6.07, 6.45) is 1.22. The summed E-state index contributed by atoms with van der Waals surface area (Å²) in [5, 5.41) is 0. The van der Waals surface area contributed by atoms with Crippen molar-refractivity contribution in [2.24, 2.45) is 5.92 Å². The molecule has 2 atom stereocenters. The molecule has 0 rings (SSSR count). The van der Waals surface area contributed by atoms with E-state index in [4.69, 9.17) is 9.47 Å². The average Bonchev–Trinajstić information content (AvgIpc) is 2.26. The molecule has 0 N–H and O–H groups in total. The van der Waals surface area contributed by atoms with Crippen LogP contribution in [0.3, 0.4) is 0 Å². The molecule has 0 saturated carbocycles. The Bertz CT molecular complexity index is 246. The summed E-state index contributed by atoms with van der Waals surface area (Å²) in [6, 6.07) is 0. The van der Waals surface area contributed by atoms with Crippen molar-refractivity contribution in [1.82, 2.24) is 0 Å². The monoisotopic (exact) mass is 216 g/mol. The van der Waals surface area contributed by atoms with E-state index >= 15 is 0 Å². The van der Waals surface area contributed by atoms with Crippen LogP contribution in [0.25, 0.3) is 0 Å². The standard InChI is InChI=1S/C10H16O5/c1-7(9(6-11)14-3)8(13-2)5-10(12)15-4/h5-7,9H,1-4H3/b8-5+/t7-,9-/m0/s1. The van der Waals surface area contributed by atoms with Crippen molar-refractivity contribution in [3.63, 3.8) is 0 Å². The van der Waals surface area contributed by atoms with Gasteiger partial charge < -0.3 is 19.0 Å². The highest BCUT2D eigenvalue weighted by Crippen LogP contribution is 2.16. The molecule has 0 aromatic carbocycles. The Hall–Kier alpha value is -1.36. The minimum Gasteiger partial charge on any atom is -0.500 e. The number of carbonyl (C=O) groups excluding carboxylic acids is 2. The van der Waals surface area contributed by atoms with Gasteiger partial charge in [-0.05, 0) is 0 Å². The molecule has 0 spiro atoms. The van der Waals surface area contributed by atoms with Gasteiger partial charge in [0.05, 0.1) is 20.3 Å². The van der Waals surface area contributed by atoms with E-state index in [1.54, 1.807) is 6.92 Å². The van der Waals surface area contributed by atoms with E-state index in [1.807, 2.05) is 0 Å². The Morgan fingerprint density at radius 1 is 1.20 bits per heavy atom. The fourth-order valence-corrected chi connectivity index (χ4v) is 1.09. The van der Waals surface area contributed by atoms with E-state index in [0.29, 0.717) is 12.0 Å². The zero-order valence-corrected chi connectivity index (χ0v) is 9.35. The third-order valence-electron chi connectivity index (χ3n) is 2.04. The van der Waals surface area contributed by atoms with E-state index in [2.05, 4.69) is 4.74 Å². The second-order valence-corrected chi connectivity index (χ2v) is 2.90. The zero-order chi connectivity index (χ0) is 11.8. The molecule has 0 aliphatic heterocycles. The van der Waals surface area contributed by atoms with Gasteiger partial charge in [-0.15, -0.1) is 0 Å². The maximum atomic E-state index is 11.0. The number of aldehydes is 1. The predicted octanol–water partition coefficient (Wildman–Crippen LogP) is 0.540. The van der Waals surface area contributed by atoms with Gasteiger partial charge in [-0.3, -0.25) is 0 Å². The normalized spacial score (nSPS) is 15.3. The Balaban J connectivity index is 4.72. The van der Waals surface area contributed by atoms with Crippen LogP contribution >= 0.6 is 0 Å². The molecule has 5 heteroatoms. The number of ether oxygens (including phenoxy) is 3. The van der Waals surface area contributed by atoms with Crippen molar-refractivity contribution < 1.29 is 23.8 Å². The minimum absolute atomic E-state index is 0.336. The fraction of sp³-hybridized carbons (Fsp3) is 0.600. The van der Waals surface area contributed by atoms with Crippen LogP contribution in [0.5, 0.6) is 0 Å². The summed E-state index contributed by atoms with van der Waals surface area (Å²) in [5.74, 6) is -0.517. The third kappa shape index (κ3) is 4.12. The van der Waals surface area contributed by atoms with Crippen molar-refractivity contribution in [2.45, 2.75) is 13.0 Å². The highest BCUT2D eigenvalue weighted by atomic mass is 16.5. The second-order valence-electron chi connectivity index (χ2n) is 2.90. The lowest BCUT2D eigenvalue weighted by Gasteiger charge is -2.19. The number of esters is 1. The SMILES string of the molecule is COC(=O)/C=C(/OC)[C@H](C)[C@H](C=O)OC. The lowest BCUT2D eigenvalue weighted by atomic mass is 10.0. The Kier molecular flexibility index (Phi) is 6.37. The maximum Gasteiger partial charge on any atom is 0.333 e. The molecule has 5 nitrogen and oxygen atoms in total. The van der Waals surface area contributed by atoms with Crippen molar-refractivity contribution in [2.75, 3.05) is 21.3 Å². The van der Waals surface area contributed by atoms with Crippen LogP contribution in [0.4, 0.5) is 0 Å². The topological polar surface area (TPSA) is 61.8 Å². The Morgan fingerprint density at radius 3 is 2.13 bits per heavy atom. The van der Waals surface area contributed by atoms with Crippen LogP contribution in [0.1, 0.15) is 6.92 Å². The second kappa shape index (κ2) is 7.00. The van der Waals surface area contributed by atoms with Gasteiger partial charge in [-0.2, -0.15) is 0 Å². The van der Waals surface area contributed by atoms with Crippen LogP contribution in [-0.4, -0.2) is 39.7 Å². The van der Waals surface area contributed by atoms with Crippen LogP contribution in [0, 0.1) is 5.92 Å². The van der Waals surface area contributed by atoms with Crippen LogP contribution in [0.2, 0.25) is 0 Å². The molecule has 0 fully saturated rings. The smallest absolute Gasteiger partial charge is 0.333 e. The average molecular weight is 216 g/mol. The van der Waals surface area contributed by atoms with E-state index in [-0.39, 0.29) is 5.92 Å². The van der Waals surface area contributed by atoms with Gasteiger partial charge >= 0.3 is 5.97 Å². The molecule has 0 aliphatic carbocycles. The number of methoxy groups -OCH3 is 3. The summed E-state index contributed by atoms with van der Waals surface area (Å²) in [7, 11) is 4.11. The molecule has 0 radical (unpaired) electrons. The number of hydrogen-bond donors (Lipinski definition) is 0. The first-order chi connectivity index (χ1) is 7.10. The third-order valence-corrected chi connectivity index (χ3v) is 2.04. The van der Waals surface area contributed by atoms with Crippen molar-refractivity contribution in [1.29, 1.82) is 0 Å². The van der Waals surface area contributed by atoms with E-state index in [9.17, 15) is 9.59 Å². The van der Waals surface area contributed by atoms with Crippen molar-refractivity contribution in [3.8, 4) is 0 Å². The number of rotatable bonds is 6. The van der Waals surface area contributed by atoms with Gasteiger partial charge in [0, 0.05) is 13.0 Å². The van der Waals surface area contributed by atoms with Gasteiger partial charge in [0.15, 0.2) is 0 Å². The van der Waals surface area contributed by atoms with Crippen molar-refractivity contribution in [3.05, 3.63) is 11.8 Å². The summed E-state index contributed by atoms with van der Waals surface area (Å²) >= 11 is 0. The molecular weight excluding hydrogens is 200 g/mol. The predicted molar refractivity (Wildman–Crippen MR) is 53.1 cm³/mol. The van der Waals surface area contributed by atoms with Gasteiger partial charge in [0.2, 0.25) is 0 Å². The van der Waals surface area contributed by atoms with Gasteiger partial charge in [-0.1, -0.05) is 6.92 Å². The molecule has 0 unspecified atom stereocenters. The molecular formula is C10H16O5. The first kappa shape index (κ1) is 13.6. The fourth-order valence-electron chi connectivity index (χ4n) is 1.09. The van der Waals surface area contributed by atoms with Crippen LogP contribution in [-0.2, 0) is 23.8 Å². The number of hydrogen-bond acceptors (Lipinski definition) is 5. The summed E-state index contributed by atoms with van der Waals surface area (Å²) in [6.45, 7) is 1.72. The quantitative estimate of drug-likeness (QED) is 0.280. The van der Waals surface area contributed by atoms with Crippen LogP contribution < -0.4 is 0 Å². The molecule has 0 saturated heterocycles. The summed E-state index contributed by atoms with van der Waals surface area (Å²) in [5.41, 5.74) is 0. The summed E-state index contributed by atoms with van der Waals surface area (Å²) < 4.78 is 14.4. The number of carbonyl (C=O) groups is 2. The lowest BCUT2D eigenvalue weighted by Crippen LogP contribution is -2.24. The van der Waals surface area contributed by atoms with Gasteiger partial charge in [-0.25, -0.2) is 4.79 Å². The first-order valence-electron chi connectivity index (χ1n) is 4.42. The van der Waals surface area contributed by atoms with Crippen LogP contribution in [0.15, 0.2) is 11.8 Å². The maximum absolute atomic E-state index is 11.0. The van der Waals surface area contributed by atoms with E-state index in [0.717, 1.165) is 0 Å². The first-order valence-corrected chi connectivity index (χ1v) is 4.42. The van der Waals surface area contributed by atoms with Crippen molar-refractivity contribution >= 4 is 12.3 Å². The molecule has 86 valence electrons. The van der Waals surface area contributed by atoms with Gasteiger partial charge in [0.1, 0.15) is 18.1 Å². The molecule has 0 aliphatic rings. The minimum atomic E-state index is -0.638. The molecule has 15 heavy (non-hydrogen) atoms. The van der Waals surface area contributed by atoms with Gasteiger partial charge in [0.25, 0.3) is 0 Å².